The first kappa shape index (κ1) is 16.9. The SMILES string of the molecule is COc1cc([N+](=O)[O-])ccc1S(=O)(=O)NC(C)CC(=O)O. The van der Waals surface area contributed by atoms with Crippen molar-refractivity contribution in [3.8, 4) is 5.75 Å². The van der Waals surface area contributed by atoms with Crippen LogP contribution in [0.3, 0.4) is 0 Å². The largest absolute Gasteiger partial charge is 0.495 e. The lowest BCUT2D eigenvalue weighted by molar-refractivity contribution is -0.385. The molecule has 0 spiro atoms. The van der Waals surface area contributed by atoms with Gasteiger partial charge in [0.05, 0.1) is 24.5 Å². The van der Waals surface area contributed by atoms with Gasteiger partial charge in [-0.3, -0.25) is 14.9 Å². The molecule has 1 rings (SSSR count). The van der Waals surface area contributed by atoms with Gasteiger partial charge in [0.2, 0.25) is 10.0 Å². The van der Waals surface area contributed by atoms with Crippen molar-refractivity contribution < 1.29 is 28.0 Å². The van der Waals surface area contributed by atoms with Crippen LogP contribution < -0.4 is 9.46 Å². The zero-order valence-corrected chi connectivity index (χ0v) is 12.1. The highest BCUT2D eigenvalue weighted by atomic mass is 32.2. The molecule has 0 amide bonds. The molecule has 0 saturated heterocycles. The van der Waals surface area contributed by atoms with Gasteiger partial charge in [-0.2, -0.15) is 0 Å². The Morgan fingerprint density at radius 3 is 2.62 bits per heavy atom. The van der Waals surface area contributed by atoms with Crippen LogP contribution in [0.1, 0.15) is 13.3 Å². The third-order valence-corrected chi connectivity index (χ3v) is 4.11. The second kappa shape index (κ2) is 6.50. The summed E-state index contributed by atoms with van der Waals surface area (Å²) >= 11 is 0. The van der Waals surface area contributed by atoms with Crippen LogP contribution in [-0.2, 0) is 14.8 Å². The lowest BCUT2D eigenvalue weighted by Crippen LogP contribution is -2.34. The number of sulfonamides is 1. The topological polar surface area (TPSA) is 136 Å². The summed E-state index contributed by atoms with van der Waals surface area (Å²) in [5.74, 6) is -1.35. The molecule has 0 fully saturated rings. The summed E-state index contributed by atoms with van der Waals surface area (Å²) in [6.07, 6.45) is -0.394. The number of carboxylic acids is 1. The fourth-order valence-corrected chi connectivity index (χ4v) is 3.02. The van der Waals surface area contributed by atoms with E-state index in [4.69, 9.17) is 9.84 Å². The Balaban J connectivity index is 3.13. The van der Waals surface area contributed by atoms with Gasteiger partial charge in [-0.05, 0) is 13.0 Å². The molecule has 1 unspecified atom stereocenters. The number of hydrogen-bond donors (Lipinski definition) is 2. The van der Waals surface area contributed by atoms with Crippen molar-refractivity contribution >= 4 is 21.7 Å². The highest BCUT2D eigenvalue weighted by Crippen LogP contribution is 2.28. The quantitative estimate of drug-likeness (QED) is 0.559. The van der Waals surface area contributed by atoms with Crippen molar-refractivity contribution in [3.05, 3.63) is 28.3 Å². The summed E-state index contributed by atoms with van der Waals surface area (Å²) in [5, 5.41) is 19.3. The van der Waals surface area contributed by atoms with Gasteiger partial charge in [-0.25, -0.2) is 13.1 Å². The van der Waals surface area contributed by atoms with Crippen molar-refractivity contribution in [2.24, 2.45) is 0 Å². The Hall–Kier alpha value is -2.20. The van der Waals surface area contributed by atoms with E-state index in [0.717, 1.165) is 18.2 Å². The summed E-state index contributed by atoms with van der Waals surface area (Å²) in [7, 11) is -2.87. The van der Waals surface area contributed by atoms with Crippen LogP contribution in [0.5, 0.6) is 5.75 Å². The molecule has 9 nitrogen and oxygen atoms in total. The first-order chi connectivity index (χ1) is 9.67. The third-order valence-electron chi connectivity index (χ3n) is 2.48. The zero-order chi connectivity index (χ0) is 16.2. The van der Waals surface area contributed by atoms with E-state index in [0.29, 0.717) is 0 Å². The molecule has 10 heteroatoms. The average Bonchev–Trinajstić information content (AvgIpc) is 2.35. The molecule has 1 aromatic carbocycles. The predicted octanol–water partition coefficient (Wildman–Crippen LogP) is 0.745. The van der Waals surface area contributed by atoms with Gasteiger partial charge in [-0.1, -0.05) is 0 Å². The van der Waals surface area contributed by atoms with Crippen molar-refractivity contribution in [3.63, 3.8) is 0 Å². The summed E-state index contributed by atoms with van der Waals surface area (Å²) in [6, 6.07) is 2.20. The normalized spacial score (nSPS) is 12.7. The van der Waals surface area contributed by atoms with Crippen LogP contribution in [0.25, 0.3) is 0 Å². The molecule has 116 valence electrons. The molecule has 1 atom stereocenters. The highest BCUT2D eigenvalue weighted by molar-refractivity contribution is 7.89. The van der Waals surface area contributed by atoms with Crippen LogP contribution in [0.2, 0.25) is 0 Å². The number of nitrogens with zero attached hydrogens (tertiary/aromatic N) is 1. The lowest BCUT2D eigenvalue weighted by Gasteiger charge is -2.14. The number of non-ortho nitro benzene ring substituents is 1. The van der Waals surface area contributed by atoms with E-state index in [-0.39, 0.29) is 16.3 Å². The molecular formula is C11H14N2O7S. The van der Waals surface area contributed by atoms with Crippen LogP contribution >= 0.6 is 0 Å². The highest BCUT2D eigenvalue weighted by Gasteiger charge is 2.24. The standard InChI is InChI=1S/C11H14N2O7S/c1-7(5-11(14)15)12-21(18,19)10-4-3-8(13(16)17)6-9(10)20-2/h3-4,6-7,12H,5H2,1-2H3,(H,14,15). The fraction of sp³-hybridized carbons (Fsp3) is 0.364. The van der Waals surface area contributed by atoms with Crippen molar-refractivity contribution in [2.75, 3.05) is 7.11 Å². The molecule has 1 aromatic rings. The molecule has 0 heterocycles. The van der Waals surface area contributed by atoms with Gasteiger partial charge in [0.25, 0.3) is 5.69 Å². The van der Waals surface area contributed by atoms with Crippen molar-refractivity contribution in [1.29, 1.82) is 0 Å². The Bertz CT molecular complexity index is 657. The molecule has 0 aliphatic carbocycles. The first-order valence-corrected chi connectivity index (χ1v) is 7.22. The maximum Gasteiger partial charge on any atom is 0.304 e. The lowest BCUT2D eigenvalue weighted by atomic mass is 10.3. The predicted molar refractivity (Wildman–Crippen MR) is 71.7 cm³/mol. The van der Waals surface area contributed by atoms with Crippen molar-refractivity contribution in [1.82, 2.24) is 4.72 Å². The number of nitro benzene ring substituents is 1. The van der Waals surface area contributed by atoms with Crippen LogP contribution in [0, 0.1) is 10.1 Å². The molecule has 0 radical (unpaired) electrons. The summed E-state index contributed by atoms with van der Waals surface area (Å²) < 4.78 is 31.3. The maximum atomic E-state index is 12.1. The number of carbonyl (C=O) groups is 1. The van der Waals surface area contributed by atoms with E-state index in [9.17, 15) is 23.3 Å². The molecule has 2 N–H and O–H groups in total. The maximum absolute atomic E-state index is 12.1. The van der Waals surface area contributed by atoms with Crippen LogP contribution in [0.4, 0.5) is 5.69 Å². The Morgan fingerprint density at radius 1 is 1.52 bits per heavy atom. The average molecular weight is 318 g/mol. The van der Waals surface area contributed by atoms with E-state index in [1.807, 2.05) is 0 Å². The smallest absolute Gasteiger partial charge is 0.304 e. The van der Waals surface area contributed by atoms with E-state index in [2.05, 4.69) is 4.72 Å². The fourth-order valence-electron chi connectivity index (χ4n) is 1.62. The summed E-state index contributed by atoms with van der Waals surface area (Å²) in [6.45, 7) is 1.39. The minimum absolute atomic E-state index is 0.195. The minimum Gasteiger partial charge on any atom is -0.495 e. The molecule has 0 aliphatic rings. The molecular weight excluding hydrogens is 304 g/mol. The summed E-state index contributed by atoms with van der Waals surface area (Å²) in [4.78, 5) is 20.2. The van der Waals surface area contributed by atoms with E-state index >= 15 is 0 Å². The molecule has 21 heavy (non-hydrogen) atoms. The van der Waals surface area contributed by atoms with Gasteiger partial charge < -0.3 is 9.84 Å². The Labute approximate surface area is 120 Å². The second-order valence-electron chi connectivity index (χ2n) is 4.21. The number of nitrogens with one attached hydrogen (secondary N) is 1. The number of rotatable bonds is 7. The summed E-state index contributed by atoms with van der Waals surface area (Å²) in [5.41, 5.74) is -0.315. The molecule has 0 saturated carbocycles. The van der Waals surface area contributed by atoms with Crippen LogP contribution in [0.15, 0.2) is 23.1 Å². The van der Waals surface area contributed by atoms with Gasteiger partial charge in [0, 0.05) is 12.1 Å². The molecule has 0 bridgehead atoms. The third kappa shape index (κ3) is 4.39. The van der Waals surface area contributed by atoms with Gasteiger partial charge in [-0.15, -0.1) is 0 Å². The zero-order valence-electron chi connectivity index (χ0n) is 11.3. The van der Waals surface area contributed by atoms with E-state index < -0.39 is 33.4 Å². The van der Waals surface area contributed by atoms with Crippen LogP contribution in [-0.4, -0.2) is 37.6 Å². The monoisotopic (exact) mass is 318 g/mol. The second-order valence-corrected chi connectivity index (χ2v) is 5.89. The Kier molecular flexibility index (Phi) is 5.22. The van der Waals surface area contributed by atoms with Crippen molar-refractivity contribution in [2.45, 2.75) is 24.3 Å². The number of nitro groups is 1. The molecule has 0 aliphatic heterocycles. The molecule has 0 aromatic heterocycles. The first-order valence-electron chi connectivity index (χ1n) is 5.74. The Morgan fingerprint density at radius 2 is 2.14 bits per heavy atom. The number of methoxy groups -OCH3 is 1. The number of benzene rings is 1. The van der Waals surface area contributed by atoms with Gasteiger partial charge in [0.15, 0.2) is 0 Å². The minimum atomic E-state index is -4.05. The van der Waals surface area contributed by atoms with E-state index in [1.165, 1.54) is 14.0 Å². The van der Waals surface area contributed by atoms with Gasteiger partial charge in [0.1, 0.15) is 10.6 Å². The number of carboxylic acid groups (broad SMARTS) is 1. The number of hydrogen-bond acceptors (Lipinski definition) is 6. The number of aliphatic carboxylic acids is 1. The van der Waals surface area contributed by atoms with Gasteiger partial charge >= 0.3 is 5.97 Å². The number of ether oxygens (including phenoxy) is 1. The van der Waals surface area contributed by atoms with E-state index in [1.54, 1.807) is 0 Å².